The van der Waals surface area contributed by atoms with Crippen LogP contribution < -0.4 is 15.8 Å². The van der Waals surface area contributed by atoms with Crippen molar-refractivity contribution in [3.63, 3.8) is 0 Å². The molecule has 0 aliphatic rings. The quantitative estimate of drug-likeness (QED) is 0.412. The number of nitrogens with one attached hydrogen (secondary N) is 2. The molecule has 0 radical (unpaired) electrons. The molecule has 0 saturated heterocycles. The number of aromatic amines is 1. The summed E-state index contributed by atoms with van der Waals surface area (Å²) in [5, 5.41) is 4.19. The number of amides is 2. The van der Waals surface area contributed by atoms with Crippen LogP contribution in [-0.4, -0.2) is 29.9 Å². The van der Waals surface area contributed by atoms with E-state index in [0.717, 1.165) is 22.0 Å². The number of H-pyrrole nitrogens is 1. The van der Waals surface area contributed by atoms with Crippen LogP contribution in [0, 0.1) is 0 Å². The van der Waals surface area contributed by atoms with Gasteiger partial charge in [-0.1, -0.05) is 48.5 Å². The summed E-state index contributed by atoms with van der Waals surface area (Å²) in [5.74, 6) is -0.246. The van der Waals surface area contributed by atoms with E-state index >= 15 is 0 Å². The lowest BCUT2D eigenvalue weighted by Crippen LogP contribution is -2.28. The molecule has 1 heterocycles. The Morgan fingerprint density at radius 3 is 2.39 bits per heavy atom. The van der Waals surface area contributed by atoms with E-state index in [-0.39, 0.29) is 18.4 Å². The number of rotatable bonds is 8. The third kappa shape index (κ3) is 4.75. The van der Waals surface area contributed by atoms with Crippen LogP contribution in [0.2, 0.25) is 0 Å². The summed E-state index contributed by atoms with van der Waals surface area (Å²) in [6.45, 7) is 0.250. The molecular formula is C25H23N3O3. The molecule has 6 heteroatoms. The minimum atomic E-state index is -0.550. The van der Waals surface area contributed by atoms with Crippen molar-refractivity contribution in [2.24, 2.45) is 5.73 Å². The number of ether oxygens (including phenoxy) is 1. The molecule has 1 unspecified atom stereocenters. The molecule has 4 rings (SSSR count). The fourth-order valence-corrected chi connectivity index (χ4v) is 3.63. The van der Waals surface area contributed by atoms with Crippen LogP contribution in [0.25, 0.3) is 10.9 Å². The van der Waals surface area contributed by atoms with Crippen molar-refractivity contribution in [3.8, 4) is 5.75 Å². The van der Waals surface area contributed by atoms with Gasteiger partial charge in [0.1, 0.15) is 5.75 Å². The molecule has 0 fully saturated rings. The molecule has 0 aliphatic carbocycles. The summed E-state index contributed by atoms with van der Waals surface area (Å²) in [7, 11) is 0. The normalized spacial score (nSPS) is 11.7. The maximum Gasteiger partial charge on any atom is 0.255 e. The Morgan fingerprint density at radius 2 is 1.65 bits per heavy atom. The molecule has 6 nitrogen and oxygen atoms in total. The highest BCUT2D eigenvalue weighted by Crippen LogP contribution is 2.30. The lowest BCUT2D eigenvalue weighted by Gasteiger charge is -2.18. The van der Waals surface area contributed by atoms with Gasteiger partial charge in [0, 0.05) is 35.1 Å². The predicted molar refractivity (Wildman–Crippen MR) is 120 cm³/mol. The first-order valence-electron chi connectivity index (χ1n) is 10.0. The Balaban J connectivity index is 1.52. The SMILES string of the molecule is NC(=O)COc1ccc(C(=O)NCC(c2ccccc2)c2c[nH]c3ccccc23)cc1. The molecule has 4 aromatic rings. The number of aromatic nitrogens is 1. The lowest BCUT2D eigenvalue weighted by atomic mass is 9.91. The zero-order valence-corrected chi connectivity index (χ0v) is 16.9. The molecule has 0 spiro atoms. The van der Waals surface area contributed by atoms with Crippen molar-refractivity contribution in [2.75, 3.05) is 13.2 Å². The summed E-state index contributed by atoms with van der Waals surface area (Å²) in [4.78, 5) is 26.9. The maximum atomic E-state index is 12.8. The molecule has 31 heavy (non-hydrogen) atoms. The van der Waals surface area contributed by atoms with Gasteiger partial charge in [0.2, 0.25) is 0 Å². The first kappa shape index (κ1) is 20.2. The number of fused-ring (bicyclic) bond motifs is 1. The number of hydrogen-bond acceptors (Lipinski definition) is 3. The average molecular weight is 413 g/mol. The van der Waals surface area contributed by atoms with Crippen molar-refractivity contribution < 1.29 is 14.3 Å². The Labute approximate surface area is 180 Å². The van der Waals surface area contributed by atoms with E-state index in [1.54, 1.807) is 24.3 Å². The number of para-hydroxylation sites is 1. The molecular weight excluding hydrogens is 390 g/mol. The van der Waals surface area contributed by atoms with Crippen LogP contribution >= 0.6 is 0 Å². The Kier molecular flexibility index (Phi) is 5.98. The summed E-state index contributed by atoms with van der Waals surface area (Å²) in [6.07, 6.45) is 2.01. The smallest absolute Gasteiger partial charge is 0.255 e. The Bertz CT molecular complexity index is 1180. The molecule has 2 amide bonds. The second kappa shape index (κ2) is 9.17. The van der Waals surface area contributed by atoms with Gasteiger partial charge in [0.25, 0.3) is 11.8 Å². The standard InChI is InChI=1S/C25H23N3O3/c26-24(29)16-31-19-12-10-18(11-13-19)25(30)28-14-21(17-6-2-1-3-7-17)22-15-27-23-9-5-4-8-20(22)23/h1-13,15,21,27H,14,16H2,(H2,26,29)(H,28,30). The van der Waals surface area contributed by atoms with Crippen LogP contribution in [0.1, 0.15) is 27.4 Å². The molecule has 3 aromatic carbocycles. The van der Waals surface area contributed by atoms with Gasteiger partial charge >= 0.3 is 0 Å². The Morgan fingerprint density at radius 1 is 0.935 bits per heavy atom. The van der Waals surface area contributed by atoms with Gasteiger partial charge < -0.3 is 20.8 Å². The van der Waals surface area contributed by atoms with E-state index in [2.05, 4.69) is 28.5 Å². The van der Waals surface area contributed by atoms with Crippen molar-refractivity contribution in [1.82, 2.24) is 10.3 Å². The minimum Gasteiger partial charge on any atom is -0.484 e. The summed E-state index contributed by atoms with van der Waals surface area (Å²) in [5.41, 5.74) is 8.92. The monoisotopic (exact) mass is 413 g/mol. The van der Waals surface area contributed by atoms with Gasteiger partial charge in [-0.15, -0.1) is 0 Å². The zero-order chi connectivity index (χ0) is 21.6. The van der Waals surface area contributed by atoms with Crippen molar-refractivity contribution in [3.05, 3.63) is 102 Å². The van der Waals surface area contributed by atoms with E-state index in [9.17, 15) is 9.59 Å². The number of carbonyl (C=O) groups excluding carboxylic acids is 2. The fraction of sp³-hybridized carbons (Fsp3) is 0.120. The third-order valence-electron chi connectivity index (χ3n) is 5.16. The largest absolute Gasteiger partial charge is 0.484 e. The molecule has 4 N–H and O–H groups in total. The minimum absolute atomic E-state index is 0.000488. The highest BCUT2D eigenvalue weighted by molar-refractivity contribution is 5.94. The zero-order valence-electron chi connectivity index (χ0n) is 16.9. The second-order valence-electron chi connectivity index (χ2n) is 7.24. The van der Waals surface area contributed by atoms with E-state index in [4.69, 9.17) is 10.5 Å². The van der Waals surface area contributed by atoms with Crippen LogP contribution in [-0.2, 0) is 4.79 Å². The number of nitrogens with two attached hydrogens (primary N) is 1. The van der Waals surface area contributed by atoms with Gasteiger partial charge in [-0.3, -0.25) is 9.59 Å². The highest BCUT2D eigenvalue weighted by atomic mass is 16.5. The third-order valence-corrected chi connectivity index (χ3v) is 5.16. The number of carbonyl (C=O) groups is 2. The second-order valence-corrected chi connectivity index (χ2v) is 7.24. The van der Waals surface area contributed by atoms with E-state index < -0.39 is 5.91 Å². The number of hydrogen-bond donors (Lipinski definition) is 3. The molecule has 156 valence electrons. The van der Waals surface area contributed by atoms with Crippen LogP contribution in [0.3, 0.4) is 0 Å². The van der Waals surface area contributed by atoms with Gasteiger partial charge in [0.05, 0.1) is 0 Å². The number of primary amides is 1. The predicted octanol–water partition coefficient (Wildman–Crippen LogP) is 3.59. The summed E-state index contributed by atoms with van der Waals surface area (Å²) in [6, 6.07) is 24.9. The molecule has 1 aromatic heterocycles. The van der Waals surface area contributed by atoms with E-state index in [0.29, 0.717) is 17.9 Å². The van der Waals surface area contributed by atoms with Crippen molar-refractivity contribution in [1.29, 1.82) is 0 Å². The molecule has 0 saturated carbocycles. The maximum absolute atomic E-state index is 12.8. The topological polar surface area (TPSA) is 97.2 Å². The lowest BCUT2D eigenvalue weighted by molar-refractivity contribution is -0.119. The number of benzene rings is 3. The van der Waals surface area contributed by atoms with Gasteiger partial charge in [0.15, 0.2) is 6.61 Å². The van der Waals surface area contributed by atoms with E-state index in [1.807, 2.05) is 42.6 Å². The van der Waals surface area contributed by atoms with Gasteiger partial charge in [-0.2, -0.15) is 0 Å². The molecule has 0 aliphatic heterocycles. The van der Waals surface area contributed by atoms with Crippen LogP contribution in [0.5, 0.6) is 5.75 Å². The van der Waals surface area contributed by atoms with Crippen LogP contribution in [0.4, 0.5) is 0 Å². The Hall–Kier alpha value is -4.06. The molecule has 1 atom stereocenters. The first-order chi connectivity index (χ1) is 15.1. The average Bonchev–Trinajstić information content (AvgIpc) is 3.23. The molecule has 0 bridgehead atoms. The summed E-state index contributed by atoms with van der Waals surface area (Å²) >= 11 is 0. The highest BCUT2D eigenvalue weighted by Gasteiger charge is 2.19. The van der Waals surface area contributed by atoms with Crippen molar-refractivity contribution >= 4 is 22.7 Å². The fourth-order valence-electron chi connectivity index (χ4n) is 3.63. The van der Waals surface area contributed by atoms with Crippen molar-refractivity contribution in [2.45, 2.75) is 5.92 Å². The van der Waals surface area contributed by atoms with Gasteiger partial charge in [-0.05, 0) is 41.5 Å². The van der Waals surface area contributed by atoms with E-state index in [1.165, 1.54) is 0 Å². The summed E-state index contributed by atoms with van der Waals surface area (Å²) < 4.78 is 5.24. The first-order valence-corrected chi connectivity index (χ1v) is 10.0. The van der Waals surface area contributed by atoms with Gasteiger partial charge in [-0.25, -0.2) is 0 Å². The van der Waals surface area contributed by atoms with Crippen LogP contribution in [0.15, 0.2) is 85.1 Å².